The van der Waals surface area contributed by atoms with Gasteiger partial charge >= 0.3 is 0 Å². The Balaban J connectivity index is 1.88. The van der Waals surface area contributed by atoms with E-state index in [0.29, 0.717) is 11.6 Å². The molecular formula is C19H24N2O2. The van der Waals surface area contributed by atoms with E-state index in [0.717, 1.165) is 36.3 Å². The Morgan fingerprint density at radius 1 is 1.26 bits per heavy atom. The lowest BCUT2D eigenvalue weighted by atomic mass is 9.71. The van der Waals surface area contributed by atoms with E-state index in [1.807, 2.05) is 30.3 Å². The molecule has 0 saturated carbocycles. The smallest absolute Gasteiger partial charge is 0.280 e. The van der Waals surface area contributed by atoms with Gasteiger partial charge in [0.15, 0.2) is 5.69 Å². The summed E-state index contributed by atoms with van der Waals surface area (Å²) in [6.45, 7) is 6.77. The zero-order chi connectivity index (χ0) is 16.6. The van der Waals surface area contributed by atoms with Gasteiger partial charge in [-0.2, -0.15) is 0 Å². The number of amides is 1. The average molecular weight is 312 g/mol. The van der Waals surface area contributed by atoms with Crippen LogP contribution in [0.25, 0.3) is 0 Å². The normalized spacial score (nSPS) is 17.7. The first-order valence-corrected chi connectivity index (χ1v) is 8.18. The molecule has 0 N–H and O–H groups in total. The highest BCUT2D eigenvalue weighted by atomic mass is 16.5. The summed E-state index contributed by atoms with van der Waals surface area (Å²) in [5.41, 5.74) is 2.56. The van der Waals surface area contributed by atoms with E-state index in [-0.39, 0.29) is 11.3 Å². The molecule has 1 heterocycles. The van der Waals surface area contributed by atoms with Gasteiger partial charge in [-0.25, -0.2) is 0 Å². The van der Waals surface area contributed by atoms with Gasteiger partial charge in [0.05, 0.1) is 0 Å². The van der Waals surface area contributed by atoms with Crippen molar-refractivity contribution in [3.05, 3.63) is 47.3 Å². The molecular weight excluding hydrogens is 288 g/mol. The lowest BCUT2D eigenvalue weighted by molar-refractivity contribution is 0.0983. The third kappa shape index (κ3) is 3.03. The lowest BCUT2D eigenvalue weighted by Crippen LogP contribution is -2.30. The van der Waals surface area contributed by atoms with Gasteiger partial charge in [0.1, 0.15) is 5.76 Å². The Morgan fingerprint density at radius 3 is 2.61 bits per heavy atom. The Bertz CT molecular complexity index is 698. The molecule has 1 aliphatic carbocycles. The van der Waals surface area contributed by atoms with Crippen molar-refractivity contribution in [3.8, 4) is 0 Å². The van der Waals surface area contributed by atoms with Gasteiger partial charge in [-0.05, 0) is 36.3 Å². The van der Waals surface area contributed by atoms with Gasteiger partial charge in [-0.1, -0.05) is 44.1 Å². The molecule has 1 atom stereocenters. The van der Waals surface area contributed by atoms with Crippen LogP contribution in [0.4, 0.5) is 5.69 Å². The fourth-order valence-electron chi connectivity index (χ4n) is 3.24. The van der Waals surface area contributed by atoms with E-state index in [1.54, 1.807) is 11.9 Å². The molecule has 0 spiro atoms. The summed E-state index contributed by atoms with van der Waals surface area (Å²) in [4.78, 5) is 14.5. The summed E-state index contributed by atoms with van der Waals surface area (Å²) in [7, 11) is 1.78. The number of nitrogens with zero attached hydrogens (tertiary/aromatic N) is 2. The van der Waals surface area contributed by atoms with E-state index >= 15 is 0 Å². The number of hydrogen-bond acceptors (Lipinski definition) is 3. The summed E-state index contributed by atoms with van der Waals surface area (Å²) in [5.74, 6) is 1.33. The number of benzene rings is 1. The van der Waals surface area contributed by atoms with Crippen LogP contribution in [0.3, 0.4) is 0 Å². The maximum Gasteiger partial charge on any atom is 0.280 e. The van der Waals surface area contributed by atoms with Gasteiger partial charge in [0.25, 0.3) is 5.91 Å². The van der Waals surface area contributed by atoms with Crippen molar-refractivity contribution in [2.45, 2.75) is 40.0 Å². The van der Waals surface area contributed by atoms with Crippen LogP contribution in [0.2, 0.25) is 0 Å². The number of fused-ring (bicyclic) bond motifs is 1. The van der Waals surface area contributed by atoms with Crippen LogP contribution >= 0.6 is 0 Å². The van der Waals surface area contributed by atoms with Crippen LogP contribution in [0.1, 0.15) is 49.0 Å². The van der Waals surface area contributed by atoms with Gasteiger partial charge < -0.3 is 9.42 Å². The van der Waals surface area contributed by atoms with Crippen molar-refractivity contribution in [1.82, 2.24) is 5.16 Å². The summed E-state index contributed by atoms with van der Waals surface area (Å²) >= 11 is 0. The van der Waals surface area contributed by atoms with Crippen molar-refractivity contribution >= 4 is 11.6 Å². The first kappa shape index (κ1) is 15.8. The highest BCUT2D eigenvalue weighted by molar-refractivity contribution is 6.05. The maximum absolute atomic E-state index is 12.8. The fraction of sp³-hybridized carbons (Fsp3) is 0.474. The molecule has 0 bridgehead atoms. The monoisotopic (exact) mass is 312 g/mol. The van der Waals surface area contributed by atoms with Crippen molar-refractivity contribution in [3.63, 3.8) is 0 Å². The maximum atomic E-state index is 12.8. The average Bonchev–Trinajstić information content (AvgIpc) is 2.96. The van der Waals surface area contributed by atoms with Crippen LogP contribution in [0.15, 0.2) is 34.9 Å². The molecule has 0 fully saturated rings. The number of aryl methyl sites for hydroxylation is 1. The molecule has 1 aromatic carbocycles. The van der Waals surface area contributed by atoms with Crippen molar-refractivity contribution in [2.75, 3.05) is 11.9 Å². The predicted molar refractivity (Wildman–Crippen MR) is 90.6 cm³/mol. The molecule has 1 amide bonds. The third-order valence-corrected chi connectivity index (χ3v) is 4.92. The minimum Gasteiger partial charge on any atom is -0.360 e. The minimum atomic E-state index is -0.101. The number of hydrogen-bond donors (Lipinski definition) is 0. The topological polar surface area (TPSA) is 46.3 Å². The molecule has 1 aromatic heterocycles. The summed E-state index contributed by atoms with van der Waals surface area (Å²) < 4.78 is 5.46. The first-order valence-electron chi connectivity index (χ1n) is 8.18. The molecule has 0 radical (unpaired) electrons. The number of carbonyl (C=O) groups is 1. The Kier molecular flexibility index (Phi) is 4.00. The molecule has 2 aromatic rings. The van der Waals surface area contributed by atoms with Gasteiger partial charge in [-0.15, -0.1) is 0 Å². The fourth-order valence-corrected chi connectivity index (χ4v) is 3.24. The van der Waals surface area contributed by atoms with Crippen molar-refractivity contribution in [2.24, 2.45) is 11.3 Å². The molecule has 122 valence electrons. The SMILES string of the molecule is CN(C(=O)c1noc2c1C[C@@H](C(C)(C)C)CC2)c1ccccc1. The summed E-state index contributed by atoms with van der Waals surface area (Å²) in [5, 5.41) is 4.09. The minimum absolute atomic E-state index is 0.101. The standard InChI is InChI=1S/C19H24N2O2/c1-19(2,3)13-10-11-16-15(12-13)17(20-23-16)18(22)21(4)14-8-6-5-7-9-14/h5-9,13H,10-12H2,1-4H3/t13-/m0/s1. The second-order valence-corrected chi connectivity index (χ2v) is 7.44. The lowest BCUT2D eigenvalue weighted by Gasteiger charge is -2.33. The van der Waals surface area contributed by atoms with Gasteiger partial charge in [-0.3, -0.25) is 4.79 Å². The van der Waals surface area contributed by atoms with E-state index in [1.165, 1.54) is 0 Å². The molecule has 4 nitrogen and oxygen atoms in total. The molecule has 3 rings (SSSR count). The van der Waals surface area contributed by atoms with Crippen molar-refractivity contribution < 1.29 is 9.32 Å². The third-order valence-electron chi connectivity index (χ3n) is 4.92. The summed E-state index contributed by atoms with van der Waals surface area (Å²) in [6.07, 6.45) is 2.83. The van der Waals surface area contributed by atoms with Gasteiger partial charge in [0, 0.05) is 24.7 Å². The molecule has 4 heteroatoms. The zero-order valence-corrected chi connectivity index (χ0v) is 14.3. The van der Waals surface area contributed by atoms with Crippen molar-refractivity contribution in [1.29, 1.82) is 0 Å². The summed E-state index contributed by atoms with van der Waals surface area (Å²) in [6, 6.07) is 9.62. The first-order chi connectivity index (χ1) is 10.9. The zero-order valence-electron chi connectivity index (χ0n) is 14.3. The number of rotatable bonds is 2. The molecule has 0 unspecified atom stereocenters. The predicted octanol–water partition coefficient (Wildman–Crippen LogP) is 4.10. The van der Waals surface area contributed by atoms with Crippen LogP contribution in [-0.4, -0.2) is 18.1 Å². The molecule has 0 saturated heterocycles. The number of anilines is 1. The number of para-hydroxylation sites is 1. The second kappa shape index (κ2) is 5.84. The quantitative estimate of drug-likeness (QED) is 0.838. The number of carbonyl (C=O) groups excluding carboxylic acids is 1. The Morgan fingerprint density at radius 2 is 1.96 bits per heavy atom. The largest absolute Gasteiger partial charge is 0.360 e. The van der Waals surface area contributed by atoms with Crippen LogP contribution in [-0.2, 0) is 12.8 Å². The van der Waals surface area contributed by atoms with Crippen LogP contribution in [0, 0.1) is 11.3 Å². The van der Waals surface area contributed by atoms with E-state index in [4.69, 9.17) is 4.52 Å². The Labute approximate surface area is 137 Å². The molecule has 23 heavy (non-hydrogen) atoms. The van der Waals surface area contributed by atoms with Gasteiger partial charge in [0.2, 0.25) is 0 Å². The highest BCUT2D eigenvalue weighted by Gasteiger charge is 2.34. The molecule has 0 aliphatic heterocycles. The number of aromatic nitrogens is 1. The van der Waals surface area contributed by atoms with E-state index < -0.39 is 0 Å². The second-order valence-electron chi connectivity index (χ2n) is 7.44. The van der Waals surface area contributed by atoms with Crippen LogP contribution in [0.5, 0.6) is 0 Å². The Hall–Kier alpha value is -2.10. The molecule has 1 aliphatic rings. The van der Waals surface area contributed by atoms with E-state index in [2.05, 4.69) is 25.9 Å². The highest BCUT2D eigenvalue weighted by Crippen LogP contribution is 2.38. The van der Waals surface area contributed by atoms with Crippen LogP contribution < -0.4 is 4.90 Å². The van der Waals surface area contributed by atoms with E-state index in [9.17, 15) is 4.79 Å².